The Hall–Kier alpha value is -1.17. The molecule has 0 radical (unpaired) electrons. The van der Waals surface area contributed by atoms with Crippen LogP contribution in [-0.2, 0) is 0 Å². The summed E-state index contributed by atoms with van der Waals surface area (Å²) in [5, 5.41) is 11.3. The molecule has 1 aromatic rings. The molecule has 1 aliphatic rings. The molecule has 0 amide bonds. The second kappa shape index (κ2) is 4.57. The van der Waals surface area contributed by atoms with Gasteiger partial charge in [0.1, 0.15) is 5.00 Å². The van der Waals surface area contributed by atoms with Crippen molar-refractivity contribution in [2.45, 2.75) is 19.3 Å². The quantitative estimate of drug-likeness (QED) is 0.813. The molecule has 6 heteroatoms. The topological polar surface area (TPSA) is 58.1 Å². The second-order valence-electron chi connectivity index (χ2n) is 3.52. The highest BCUT2D eigenvalue weighted by atomic mass is 32.1. The van der Waals surface area contributed by atoms with Crippen LogP contribution in [0.3, 0.4) is 0 Å². The average Bonchev–Trinajstić information content (AvgIpc) is 2.30. The number of hydrogen-bond donors (Lipinski definition) is 1. The lowest BCUT2D eigenvalue weighted by Gasteiger charge is -2.28. The van der Waals surface area contributed by atoms with E-state index in [-0.39, 0.29) is 4.87 Å². The van der Waals surface area contributed by atoms with Crippen LogP contribution in [0.15, 0.2) is 4.79 Å². The van der Waals surface area contributed by atoms with Crippen molar-refractivity contribution in [3.63, 3.8) is 0 Å². The van der Waals surface area contributed by atoms with E-state index >= 15 is 0 Å². The Morgan fingerprint density at radius 2 is 2.00 bits per heavy atom. The van der Waals surface area contributed by atoms with Gasteiger partial charge < -0.3 is 10.2 Å². The van der Waals surface area contributed by atoms with Gasteiger partial charge in [-0.25, -0.2) is 0 Å². The Morgan fingerprint density at radius 3 is 2.67 bits per heavy atom. The molecule has 0 aromatic carbocycles. The van der Waals surface area contributed by atoms with E-state index in [1.807, 2.05) is 0 Å². The SMILES string of the molecule is CNc1nnc(=O)sc1N1CCCCC1. The van der Waals surface area contributed by atoms with Crippen molar-refractivity contribution >= 4 is 22.2 Å². The lowest BCUT2D eigenvalue weighted by Crippen LogP contribution is -2.30. The van der Waals surface area contributed by atoms with Crippen molar-refractivity contribution in [2.24, 2.45) is 0 Å². The molecule has 2 heterocycles. The van der Waals surface area contributed by atoms with Gasteiger partial charge in [0.25, 0.3) is 0 Å². The number of nitrogens with zero attached hydrogens (tertiary/aromatic N) is 3. The van der Waals surface area contributed by atoms with Crippen LogP contribution in [0.25, 0.3) is 0 Å². The lowest BCUT2D eigenvalue weighted by molar-refractivity contribution is 0.580. The number of anilines is 2. The first-order chi connectivity index (χ1) is 7.31. The first-order valence-electron chi connectivity index (χ1n) is 5.12. The summed E-state index contributed by atoms with van der Waals surface area (Å²) in [5.41, 5.74) is 0. The maximum Gasteiger partial charge on any atom is 0.346 e. The smallest absolute Gasteiger partial charge is 0.346 e. The summed E-state index contributed by atoms with van der Waals surface area (Å²) < 4.78 is 0. The average molecular weight is 226 g/mol. The molecule has 0 atom stereocenters. The third kappa shape index (κ3) is 2.26. The van der Waals surface area contributed by atoms with Crippen molar-refractivity contribution in [3.05, 3.63) is 9.67 Å². The highest BCUT2D eigenvalue weighted by Crippen LogP contribution is 2.27. The molecule has 82 valence electrons. The maximum atomic E-state index is 11.2. The molecule has 2 rings (SSSR count). The summed E-state index contributed by atoms with van der Waals surface area (Å²) in [6.07, 6.45) is 3.65. The van der Waals surface area contributed by atoms with E-state index < -0.39 is 0 Å². The van der Waals surface area contributed by atoms with Crippen LogP contribution in [0, 0.1) is 0 Å². The summed E-state index contributed by atoms with van der Waals surface area (Å²) in [6, 6.07) is 0. The first-order valence-corrected chi connectivity index (χ1v) is 5.93. The first kappa shape index (κ1) is 10.4. The third-order valence-electron chi connectivity index (χ3n) is 2.50. The minimum absolute atomic E-state index is 0.227. The second-order valence-corrected chi connectivity index (χ2v) is 4.46. The van der Waals surface area contributed by atoms with Gasteiger partial charge >= 0.3 is 4.87 Å². The van der Waals surface area contributed by atoms with E-state index in [2.05, 4.69) is 20.4 Å². The fraction of sp³-hybridized carbons (Fsp3) is 0.667. The molecular weight excluding hydrogens is 212 g/mol. The summed E-state index contributed by atoms with van der Waals surface area (Å²) in [4.78, 5) is 13.2. The number of hydrogen-bond acceptors (Lipinski definition) is 6. The molecule has 1 fully saturated rings. The molecular formula is C9H14N4OS. The molecule has 0 spiro atoms. The zero-order valence-corrected chi connectivity index (χ0v) is 9.51. The molecule has 1 N–H and O–H groups in total. The van der Waals surface area contributed by atoms with Crippen LogP contribution in [0.2, 0.25) is 0 Å². The van der Waals surface area contributed by atoms with Crippen molar-refractivity contribution < 1.29 is 0 Å². The fourth-order valence-corrected chi connectivity index (χ4v) is 2.55. The molecule has 1 aromatic heterocycles. The Kier molecular flexibility index (Phi) is 3.15. The summed E-state index contributed by atoms with van der Waals surface area (Å²) in [5.74, 6) is 0.710. The third-order valence-corrected chi connectivity index (χ3v) is 3.40. The van der Waals surface area contributed by atoms with Gasteiger partial charge in [-0.05, 0) is 19.3 Å². The minimum Gasteiger partial charge on any atom is -0.369 e. The van der Waals surface area contributed by atoms with Crippen molar-refractivity contribution in [2.75, 3.05) is 30.4 Å². The Labute approximate surface area is 92.1 Å². The van der Waals surface area contributed by atoms with E-state index in [9.17, 15) is 4.79 Å². The molecule has 5 nitrogen and oxygen atoms in total. The number of nitrogens with one attached hydrogen (secondary N) is 1. The summed E-state index contributed by atoms with van der Waals surface area (Å²) >= 11 is 1.17. The molecule has 0 bridgehead atoms. The fourth-order valence-electron chi connectivity index (χ4n) is 1.75. The predicted molar refractivity (Wildman–Crippen MR) is 61.8 cm³/mol. The van der Waals surface area contributed by atoms with Crippen molar-refractivity contribution in [3.8, 4) is 0 Å². The predicted octanol–water partition coefficient (Wildman–Crippen LogP) is 0.930. The van der Waals surface area contributed by atoms with Gasteiger partial charge in [-0.2, -0.15) is 0 Å². The Morgan fingerprint density at radius 1 is 1.27 bits per heavy atom. The summed E-state index contributed by atoms with van der Waals surface area (Å²) in [6.45, 7) is 2.02. The number of piperidine rings is 1. The highest BCUT2D eigenvalue weighted by molar-refractivity contribution is 7.13. The van der Waals surface area contributed by atoms with Crippen LogP contribution < -0.4 is 15.1 Å². The van der Waals surface area contributed by atoms with Gasteiger partial charge in [0, 0.05) is 20.1 Å². The van der Waals surface area contributed by atoms with E-state index in [0.29, 0.717) is 5.82 Å². The van der Waals surface area contributed by atoms with Gasteiger partial charge in [-0.3, -0.25) is 4.79 Å². The minimum atomic E-state index is -0.227. The highest BCUT2D eigenvalue weighted by Gasteiger charge is 2.16. The van der Waals surface area contributed by atoms with Crippen LogP contribution >= 0.6 is 11.3 Å². The van der Waals surface area contributed by atoms with Crippen LogP contribution in [0.1, 0.15) is 19.3 Å². The van der Waals surface area contributed by atoms with Gasteiger partial charge in [0.05, 0.1) is 0 Å². The van der Waals surface area contributed by atoms with E-state index in [1.54, 1.807) is 7.05 Å². The summed E-state index contributed by atoms with van der Waals surface area (Å²) in [7, 11) is 1.80. The molecule has 1 saturated heterocycles. The van der Waals surface area contributed by atoms with Gasteiger partial charge in [-0.1, -0.05) is 16.4 Å². The number of rotatable bonds is 2. The largest absolute Gasteiger partial charge is 0.369 e. The standard InChI is InChI=1S/C9H14N4OS/c1-10-7-8(15-9(14)12-11-7)13-5-3-2-4-6-13/h10H,2-6H2,1H3. The van der Waals surface area contributed by atoms with Gasteiger partial charge in [-0.15, -0.1) is 5.10 Å². The van der Waals surface area contributed by atoms with E-state index in [1.165, 1.54) is 30.6 Å². The lowest BCUT2D eigenvalue weighted by atomic mass is 10.1. The molecule has 1 aliphatic heterocycles. The monoisotopic (exact) mass is 226 g/mol. The zero-order chi connectivity index (χ0) is 10.7. The zero-order valence-electron chi connectivity index (χ0n) is 8.69. The van der Waals surface area contributed by atoms with Crippen molar-refractivity contribution in [1.82, 2.24) is 10.2 Å². The molecule has 0 unspecified atom stereocenters. The van der Waals surface area contributed by atoms with E-state index in [4.69, 9.17) is 0 Å². The van der Waals surface area contributed by atoms with Crippen LogP contribution in [0.4, 0.5) is 10.8 Å². The Balaban J connectivity index is 2.31. The van der Waals surface area contributed by atoms with Gasteiger partial charge in [0.2, 0.25) is 0 Å². The van der Waals surface area contributed by atoms with Crippen molar-refractivity contribution in [1.29, 1.82) is 0 Å². The molecule has 0 saturated carbocycles. The van der Waals surface area contributed by atoms with Gasteiger partial charge in [0.15, 0.2) is 5.82 Å². The number of aromatic nitrogens is 2. The molecule has 15 heavy (non-hydrogen) atoms. The molecule has 0 aliphatic carbocycles. The normalized spacial score (nSPS) is 16.5. The van der Waals surface area contributed by atoms with Crippen LogP contribution in [0.5, 0.6) is 0 Å². The van der Waals surface area contributed by atoms with E-state index in [0.717, 1.165) is 18.1 Å². The Bertz CT molecular complexity index is 386. The maximum absolute atomic E-state index is 11.2. The van der Waals surface area contributed by atoms with Crippen LogP contribution in [-0.4, -0.2) is 30.3 Å².